The molecule has 0 radical (unpaired) electrons. The lowest BCUT2D eigenvalue weighted by molar-refractivity contribution is 0.588. The Kier molecular flexibility index (Phi) is 4.14. The normalized spacial score (nSPS) is 18.1. The van der Waals surface area contributed by atoms with E-state index in [2.05, 4.69) is 0 Å². The maximum atomic E-state index is 13.0. The minimum atomic E-state index is -3.50. The molecule has 3 nitrogen and oxygen atoms in total. The van der Waals surface area contributed by atoms with Crippen molar-refractivity contribution in [3.63, 3.8) is 0 Å². The fraction of sp³-hybridized carbons (Fsp3) is 0.250. The van der Waals surface area contributed by atoms with Crippen molar-refractivity contribution in [3.8, 4) is 0 Å². The highest BCUT2D eigenvalue weighted by atomic mass is 32.2. The van der Waals surface area contributed by atoms with Crippen molar-refractivity contribution in [1.29, 1.82) is 0 Å². The van der Waals surface area contributed by atoms with Crippen LogP contribution in [0.1, 0.15) is 12.5 Å². The number of sulfonamides is 1. The van der Waals surface area contributed by atoms with Crippen LogP contribution in [0, 0.1) is 5.82 Å². The summed E-state index contributed by atoms with van der Waals surface area (Å²) in [5.74, 6) is -0.492. The molecule has 1 unspecified atom stereocenters. The summed E-state index contributed by atoms with van der Waals surface area (Å²) in [6, 6.07) is 13.1. The van der Waals surface area contributed by atoms with Gasteiger partial charge >= 0.3 is 0 Å². The molecule has 3 rings (SSSR count). The maximum absolute atomic E-state index is 13.0. The van der Waals surface area contributed by atoms with Gasteiger partial charge in [0.05, 0.1) is 11.4 Å². The number of hydrogen-bond donors (Lipinski definition) is 0. The number of rotatable bonds is 3. The second-order valence-corrected chi connectivity index (χ2v) is 8.68. The number of thioether (sulfide) groups is 1. The molecule has 1 atom stereocenters. The van der Waals surface area contributed by atoms with E-state index in [1.165, 1.54) is 28.6 Å². The van der Waals surface area contributed by atoms with Gasteiger partial charge in [0.15, 0.2) is 0 Å². The first-order valence-electron chi connectivity index (χ1n) is 6.96. The smallest absolute Gasteiger partial charge is 0.239 e. The Balaban J connectivity index is 1.93. The van der Waals surface area contributed by atoms with Crippen LogP contribution in [0.3, 0.4) is 0 Å². The molecule has 0 spiro atoms. The zero-order valence-electron chi connectivity index (χ0n) is 12.1. The predicted octanol–water partition coefficient (Wildman–Crippen LogP) is 3.66. The molecular weight excluding hydrogens is 321 g/mol. The predicted molar refractivity (Wildman–Crippen MR) is 88.1 cm³/mol. The molecule has 6 heteroatoms. The van der Waals surface area contributed by atoms with E-state index in [9.17, 15) is 12.8 Å². The molecule has 0 amide bonds. The van der Waals surface area contributed by atoms with E-state index < -0.39 is 10.0 Å². The summed E-state index contributed by atoms with van der Waals surface area (Å²) >= 11 is 1.68. The monoisotopic (exact) mass is 337 g/mol. The van der Waals surface area contributed by atoms with Gasteiger partial charge in [-0.3, -0.25) is 4.31 Å². The molecule has 22 heavy (non-hydrogen) atoms. The van der Waals surface area contributed by atoms with Crippen molar-refractivity contribution < 1.29 is 12.8 Å². The number of anilines is 1. The first kappa shape index (κ1) is 15.4. The van der Waals surface area contributed by atoms with Crippen LogP contribution < -0.4 is 4.31 Å². The zero-order chi connectivity index (χ0) is 15.7. The Morgan fingerprint density at radius 2 is 1.86 bits per heavy atom. The molecule has 0 saturated heterocycles. The van der Waals surface area contributed by atoms with Gasteiger partial charge < -0.3 is 0 Å². The van der Waals surface area contributed by atoms with Gasteiger partial charge in [-0.25, -0.2) is 12.8 Å². The molecule has 1 aliphatic heterocycles. The van der Waals surface area contributed by atoms with E-state index in [1.54, 1.807) is 11.8 Å². The summed E-state index contributed by atoms with van der Waals surface area (Å²) in [5, 5.41) is 0.192. The summed E-state index contributed by atoms with van der Waals surface area (Å²) < 4.78 is 40.0. The van der Waals surface area contributed by atoms with Crippen molar-refractivity contribution in [2.45, 2.75) is 22.8 Å². The molecule has 0 aromatic heterocycles. The Morgan fingerprint density at radius 3 is 2.59 bits per heavy atom. The van der Waals surface area contributed by atoms with E-state index in [-0.39, 0.29) is 16.8 Å². The lowest BCUT2D eigenvalue weighted by atomic mass is 10.2. The number of fused-ring (bicyclic) bond motifs is 1. The summed E-state index contributed by atoms with van der Waals surface area (Å²) in [4.78, 5) is 0.976. The second kappa shape index (κ2) is 5.93. The highest BCUT2D eigenvalue weighted by molar-refractivity contribution is 8.00. The highest BCUT2D eigenvalue weighted by Crippen LogP contribution is 2.39. The van der Waals surface area contributed by atoms with Gasteiger partial charge in [0, 0.05) is 16.7 Å². The van der Waals surface area contributed by atoms with E-state index in [4.69, 9.17) is 0 Å². The van der Waals surface area contributed by atoms with Crippen molar-refractivity contribution in [1.82, 2.24) is 0 Å². The second-order valence-electron chi connectivity index (χ2n) is 5.31. The Bertz CT molecular complexity index is 775. The molecule has 1 heterocycles. The third-order valence-electron chi connectivity index (χ3n) is 3.48. The van der Waals surface area contributed by atoms with Gasteiger partial charge in [0.2, 0.25) is 10.0 Å². The SMILES string of the molecule is CC1CN(S(=O)(=O)Cc2ccc(F)cc2)c2ccccc2S1. The Morgan fingerprint density at radius 1 is 1.18 bits per heavy atom. The molecule has 2 aromatic rings. The zero-order valence-corrected chi connectivity index (χ0v) is 13.7. The van der Waals surface area contributed by atoms with E-state index in [1.807, 2.05) is 31.2 Å². The first-order valence-corrected chi connectivity index (χ1v) is 9.45. The van der Waals surface area contributed by atoms with Gasteiger partial charge in [-0.1, -0.05) is 31.2 Å². The maximum Gasteiger partial charge on any atom is 0.239 e. The van der Waals surface area contributed by atoms with Crippen LogP contribution in [0.2, 0.25) is 0 Å². The number of nitrogens with zero attached hydrogens (tertiary/aromatic N) is 1. The summed E-state index contributed by atoms with van der Waals surface area (Å²) in [6.45, 7) is 2.46. The minimum absolute atomic E-state index is 0.126. The molecule has 0 bridgehead atoms. The molecule has 0 saturated carbocycles. The molecule has 1 aliphatic rings. The van der Waals surface area contributed by atoms with Crippen molar-refractivity contribution in [2.75, 3.05) is 10.8 Å². The van der Waals surface area contributed by atoms with Crippen LogP contribution in [-0.4, -0.2) is 20.2 Å². The molecule has 0 aliphatic carbocycles. The van der Waals surface area contributed by atoms with Crippen LogP contribution in [0.15, 0.2) is 53.4 Å². The van der Waals surface area contributed by atoms with Crippen LogP contribution in [0.25, 0.3) is 0 Å². The Hall–Kier alpha value is -1.53. The fourth-order valence-corrected chi connectivity index (χ4v) is 5.43. The van der Waals surface area contributed by atoms with Gasteiger partial charge in [-0.2, -0.15) is 0 Å². The number of hydrogen-bond acceptors (Lipinski definition) is 3. The van der Waals surface area contributed by atoms with E-state index in [0.29, 0.717) is 12.1 Å². The number of halogens is 1. The first-order chi connectivity index (χ1) is 10.5. The molecule has 0 fully saturated rings. The van der Waals surface area contributed by atoms with Crippen molar-refractivity contribution >= 4 is 27.5 Å². The third-order valence-corrected chi connectivity index (χ3v) is 6.35. The van der Waals surface area contributed by atoms with E-state index in [0.717, 1.165) is 10.6 Å². The average molecular weight is 337 g/mol. The van der Waals surface area contributed by atoms with E-state index >= 15 is 0 Å². The summed E-state index contributed by atoms with van der Waals surface area (Å²) in [7, 11) is -3.50. The van der Waals surface area contributed by atoms with Crippen LogP contribution in [0.5, 0.6) is 0 Å². The van der Waals surface area contributed by atoms with Gasteiger partial charge in [-0.15, -0.1) is 11.8 Å². The molecule has 0 N–H and O–H groups in total. The van der Waals surface area contributed by atoms with Gasteiger partial charge in [0.1, 0.15) is 5.82 Å². The number of para-hydroxylation sites is 1. The van der Waals surface area contributed by atoms with Crippen LogP contribution >= 0.6 is 11.8 Å². The van der Waals surface area contributed by atoms with Crippen molar-refractivity contribution in [2.24, 2.45) is 0 Å². The van der Waals surface area contributed by atoms with Crippen LogP contribution in [-0.2, 0) is 15.8 Å². The molecule has 116 valence electrons. The molecule has 2 aromatic carbocycles. The highest BCUT2D eigenvalue weighted by Gasteiger charge is 2.30. The topological polar surface area (TPSA) is 37.4 Å². The third kappa shape index (κ3) is 3.13. The van der Waals surface area contributed by atoms with Gasteiger partial charge in [-0.05, 0) is 29.8 Å². The Labute approximate surface area is 134 Å². The largest absolute Gasteiger partial charge is 0.268 e. The summed E-state index contributed by atoms with van der Waals surface area (Å²) in [5.41, 5.74) is 1.32. The average Bonchev–Trinajstić information content (AvgIpc) is 2.48. The lowest BCUT2D eigenvalue weighted by Gasteiger charge is -2.33. The molecular formula is C16H16FNO2S2. The lowest BCUT2D eigenvalue weighted by Crippen LogP contribution is -2.39. The standard InChI is InChI=1S/C16H16FNO2S2/c1-12-10-18(15-4-2-3-5-16(15)21-12)22(19,20)11-13-6-8-14(17)9-7-13/h2-9,12H,10-11H2,1H3. The number of benzene rings is 2. The fourth-order valence-electron chi connectivity index (χ4n) is 2.48. The minimum Gasteiger partial charge on any atom is -0.268 e. The van der Waals surface area contributed by atoms with Crippen LogP contribution in [0.4, 0.5) is 10.1 Å². The van der Waals surface area contributed by atoms with Gasteiger partial charge in [0.25, 0.3) is 0 Å². The quantitative estimate of drug-likeness (QED) is 0.858. The summed E-state index contributed by atoms with van der Waals surface area (Å²) in [6.07, 6.45) is 0. The van der Waals surface area contributed by atoms with Crippen molar-refractivity contribution in [3.05, 3.63) is 59.9 Å².